The number of hydrogen-bond acceptors (Lipinski definition) is 4. The van der Waals surface area contributed by atoms with Gasteiger partial charge in [-0.05, 0) is 67.3 Å². The number of ketones is 1. The Morgan fingerprint density at radius 2 is 1.93 bits per heavy atom. The Hall–Kier alpha value is -3.14. The maximum atomic E-state index is 12.5. The van der Waals surface area contributed by atoms with Gasteiger partial charge in [0.2, 0.25) is 0 Å². The minimum absolute atomic E-state index is 0.203. The van der Waals surface area contributed by atoms with E-state index in [4.69, 9.17) is 4.74 Å². The van der Waals surface area contributed by atoms with Crippen LogP contribution in [0, 0.1) is 12.8 Å². The standard InChI is InChI=1S/C26H30N2O2/c1-19(2)8-6-12-26(29)21-9-7-11-22(17-21)28-25-14-13-24(16-20(25)3)30-18-23-10-4-5-15-27-23/h4-5,7,9-11,13-17,19,28H,6,8,12,18H2,1-3H3. The van der Waals surface area contributed by atoms with Crippen molar-refractivity contribution in [3.63, 3.8) is 0 Å². The van der Waals surface area contributed by atoms with E-state index in [0.717, 1.165) is 46.8 Å². The molecule has 0 spiro atoms. The Morgan fingerprint density at radius 1 is 1.07 bits per heavy atom. The highest BCUT2D eigenvalue weighted by Gasteiger charge is 2.08. The molecule has 0 unspecified atom stereocenters. The van der Waals surface area contributed by atoms with Crippen molar-refractivity contribution in [1.29, 1.82) is 0 Å². The summed E-state index contributed by atoms with van der Waals surface area (Å²) in [5, 5.41) is 3.42. The molecule has 0 aliphatic heterocycles. The fourth-order valence-electron chi connectivity index (χ4n) is 3.25. The quantitative estimate of drug-likeness (QED) is 0.382. The molecular formula is C26H30N2O2. The van der Waals surface area contributed by atoms with Gasteiger partial charge in [0.1, 0.15) is 12.4 Å². The molecule has 0 aliphatic rings. The molecular weight excluding hydrogens is 372 g/mol. The average Bonchev–Trinajstić information content (AvgIpc) is 2.74. The second-order valence-electron chi connectivity index (χ2n) is 8.00. The van der Waals surface area contributed by atoms with Crippen LogP contribution in [-0.2, 0) is 6.61 Å². The molecule has 30 heavy (non-hydrogen) atoms. The fraction of sp³-hybridized carbons (Fsp3) is 0.308. The molecule has 0 saturated heterocycles. The molecule has 0 saturated carbocycles. The molecule has 0 atom stereocenters. The van der Waals surface area contributed by atoms with Crippen molar-refractivity contribution in [3.05, 3.63) is 83.7 Å². The van der Waals surface area contributed by atoms with Gasteiger partial charge in [0.25, 0.3) is 0 Å². The number of nitrogens with zero attached hydrogens (tertiary/aromatic N) is 1. The first-order valence-electron chi connectivity index (χ1n) is 10.5. The number of hydrogen-bond donors (Lipinski definition) is 1. The van der Waals surface area contributed by atoms with Gasteiger partial charge in [-0.3, -0.25) is 9.78 Å². The number of aromatic nitrogens is 1. The molecule has 0 radical (unpaired) electrons. The van der Waals surface area contributed by atoms with E-state index < -0.39 is 0 Å². The molecule has 4 heteroatoms. The second kappa shape index (κ2) is 10.6. The number of benzene rings is 2. The van der Waals surface area contributed by atoms with E-state index in [0.29, 0.717) is 18.9 Å². The molecule has 0 amide bonds. The predicted molar refractivity (Wildman–Crippen MR) is 122 cm³/mol. The Labute approximate surface area is 179 Å². The molecule has 3 aromatic rings. The van der Waals surface area contributed by atoms with E-state index in [9.17, 15) is 4.79 Å². The minimum Gasteiger partial charge on any atom is -0.487 e. The highest BCUT2D eigenvalue weighted by atomic mass is 16.5. The monoisotopic (exact) mass is 402 g/mol. The van der Waals surface area contributed by atoms with Gasteiger partial charge in [0.05, 0.1) is 5.69 Å². The lowest BCUT2D eigenvalue weighted by Gasteiger charge is -2.13. The smallest absolute Gasteiger partial charge is 0.162 e. The maximum Gasteiger partial charge on any atom is 0.162 e. The first-order valence-corrected chi connectivity index (χ1v) is 10.5. The van der Waals surface area contributed by atoms with Crippen molar-refractivity contribution >= 4 is 17.2 Å². The second-order valence-corrected chi connectivity index (χ2v) is 8.00. The summed E-state index contributed by atoms with van der Waals surface area (Å²) in [4.78, 5) is 16.8. The van der Waals surface area contributed by atoms with Gasteiger partial charge in [-0.15, -0.1) is 0 Å². The molecule has 0 bridgehead atoms. The van der Waals surface area contributed by atoms with E-state index in [1.54, 1.807) is 6.20 Å². The molecule has 1 heterocycles. The van der Waals surface area contributed by atoms with Crippen molar-refractivity contribution in [2.75, 3.05) is 5.32 Å². The van der Waals surface area contributed by atoms with Gasteiger partial charge >= 0.3 is 0 Å². The number of ether oxygens (including phenoxy) is 1. The average molecular weight is 403 g/mol. The van der Waals surface area contributed by atoms with E-state index in [1.807, 2.05) is 67.6 Å². The van der Waals surface area contributed by atoms with Crippen LogP contribution in [0.15, 0.2) is 66.9 Å². The number of anilines is 2. The predicted octanol–water partition coefficient (Wildman–Crippen LogP) is 6.72. The Balaban J connectivity index is 1.61. The lowest BCUT2D eigenvalue weighted by molar-refractivity contribution is 0.0978. The van der Waals surface area contributed by atoms with Crippen molar-refractivity contribution in [2.24, 2.45) is 5.92 Å². The molecule has 4 nitrogen and oxygen atoms in total. The maximum absolute atomic E-state index is 12.5. The van der Waals surface area contributed by atoms with E-state index >= 15 is 0 Å². The van der Waals surface area contributed by atoms with Crippen LogP contribution < -0.4 is 10.1 Å². The number of pyridine rings is 1. The normalized spacial score (nSPS) is 10.8. The summed E-state index contributed by atoms with van der Waals surface area (Å²) in [7, 11) is 0. The first-order chi connectivity index (χ1) is 14.5. The Morgan fingerprint density at radius 3 is 2.67 bits per heavy atom. The molecule has 156 valence electrons. The summed E-state index contributed by atoms with van der Waals surface area (Å²) in [6, 6.07) is 19.5. The van der Waals surface area contributed by atoms with Gasteiger partial charge in [0.15, 0.2) is 5.78 Å². The van der Waals surface area contributed by atoms with Crippen molar-refractivity contribution < 1.29 is 9.53 Å². The first kappa shape index (κ1) is 21.6. The number of carbonyl (C=O) groups excluding carboxylic acids is 1. The third-order valence-electron chi connectivity index (χ3n) is 4.96. The van der Waals surface area contributed by atoms with Crippen molar-refractivity contribution in [1.82, 2.24) is 4.98 Å². The molecule has 0 aliphatic carbocycles. The third kappa shape index (κ3) is 6.45. The van der Waals surface area contributed by atoms with Gasteiger partial charge < -0.3 is 10.1 Å². The summed E-state index contributed by atoms with van der Waals surface area (Å²) in [6.45, 7) is 6.85. The van der Waals surface area contributed by atoms with Crippen LogP contribution in [0.1, 0.15) is 54.7 Å². The fourth-order valence-corrected chi connectivity index (χ4v) is 3.25. The lowest BCUT2D eigenvalue weighted by atomic mass is 10.0. The summed E-state index contributed by atoms with van der Waals surface area (Å²) in [5.74, 6) is 1.64. The zero-order valence-electron chi connectivity index (χ0n) is 18.0. The highest BCUT2D eigenvalue weighted by molar-refractivity contribution is 5.97. The third-order valence-corrected chi connectivity index (χ3v) is 4.96. The largest absolute Gasteiger partial charge is 0.487 e. The van der Waals surface area contributed by atoms with Crippen LogP contribution in [0.4, 0.5) is 11.4 Å². The summed E-state index contributed by atoms with van der Waals surface area (Å²) >= 11 is 0. The van der Waals surface area contributed by atoms with E-state index in [1.165, 1.54) is 0 Å². The van der Waals surface area contributed by atoms with Crippen LogP contribution in [0.2, 0.25) is 0 Å². The topological polar surface area (TPSA) is 51.2 Å². The zero-order valence-corrected chi connectivity index (χ0v) is 18.0. The van der Waals surface area contributed by atoms with E-state index in [2.05, 4.69) is 24.1 Å². The van der Waals surface area contributed by atoms with Gasteiger partial charge in [-0.25, -0.2) is 0 Å². The summed E-state index contributed by atoms with van der Waals surface area (Å²) < 4.78 is 5.85. The molecule has 1 N–H and O–H groups in total. The molecule has 1 aromatic heterocycles. The molecule has 0 fully saturated rings. The number of rotatable bonds is 10. The number of carbonyl (C=O) groups is 1. The van der Waals surface area contributed by atoms with Crippen molar-refractivity contribution in [3.8, 4) is 5.75 Å². The molecule has 3 rings (SSSR count). The zero-order chi connectivity index (χ0) is 21.3. The number of aryl methyl sites for hydroxylation is 1. The van der Waals surface area contributed by atoms with Crippen molar-refractivity contribution in [2.45, 2.75) is 46.6 Å². The van der Waals surface area contributed by atoms with Gasteiger partial charge in [0, 0.05) is 29.6 Å². The minimum atomic E-state index is 0.203. The van der Waals surface area contributed by atoms with E-state index in [-0.39, 0.29) is 5.78 Å². The van der Waals surface area contributed by atoms with Crippen LogP contribution in [0.3, 0.4) is 0 Å². The SMILES string of the molecule is Cc1cc(OCc2ccccn2)ccc1Nc1cccc(C(=O)CCCC(C)C)c1. The van der Waals surface area contributed by atoms with Gasteiger partial charge in [-0.2, -0.15) is 0 Å². The van der Waals surface area contributed by atoms with Gasteiger partial charge in [-0.1, -0.05) is 38.5 Å². The molecule has 2 aromatic carbocycles. The Bertz CT molecular complexity index is 968. The number of Topliss-reactive ketones (excluding diaryl/α,β-unsaturated/α-hetero) is 1. The Kier molecular flexibility index (Phi) is 7.61. The van der Waals surface area contributed by atoms with Crippen LogP contribution >= 0.6 is 0 Å². The summed E-state index contributed by atoms with van der Waals surface area (Å²) in [5.41, 5.74) is 4.63. The van der Waals surface area contributed by atoms with Crippen LogP contribution in [0.25, 0.3) is 0 Å². The summed E-state index contributed by atoms with van der Waals surface area (Å²) in [6.07, 6.45) is 4.38. The highest BCUT2D eigenvalue weighted by Crippen LogP contribution is 2.26. The van der Waals surface area contributed by atoms with Crippen LogP contribution in [-0.4, -0.2) is 10.8 Å². The number of nitrogens with one attached hydrogen (secondary N) is 1. The van der Waals surface area contributed by atoms with Crippen LogP contribution in [0.5, 0.6) is 5.75 Å². The lowest BCUT2D eigenvalue weighted by Crippen LogP contribution is -2.02.